The number of nitrogens with zero attached hydrogens (tertiary/aromatic N) is 5. The summed E-state index contributed by atoms with van der Waals surface area (Å²) in [6.07, 6.45) is 0.735. The van der Waals surface area contributed by atoms with Crippen LogP contribution in [0.1, 0.15) is 12.8 Å². The zero-order chi connectivity index (χ0) is 17.6. The Morgan fingerprint density at radius 3 is 2.84 bits per heavy atom. The van der Waals surface area contributed by atoms with Gasteiger partial charge in [-0.2, -0.15) is 4.80 Å². The maximum Gasteiger partial charge on any atom is 0.328 e. The number of hydrogen-bond acceptors (Lipinski definition) is 6. The van der Waals surface area contributed by atoms with Crippen LogP contribution in [0.4, 0.5) is 0 Å². The lowest BCUT2D eigenvalue weighted by Gasteiger charge is -2.32. The number of hydrogen-bond donors (Lipinski definition) is 1. The van der Waals surface area contributed by atoms with Gasteiger partial charge in [-0.25, -0.2) is 4.79 Å². The van der Waals surface area contributed by atoms with Crippen LogP contribution in [0.15, 0.2) is 30.3 Å². The van der Waals surface area contributed by atoms with Gasteiger partial charge >= 0.3 is 5.97 Å². The number of carbonyl (C=O) groups excluding carboxylic acids is 1. The summed E-state index contributed by atoms with van der Waals surface area (Å²) in [5, 5.41) is 21.4. The summed E-state index contributed by atoms with van der Waals surface area (Å²) in [6, 6.07) is 8.60. The van der Waals surface area contributed by atoms with E-state index in [4.69, 9.17) is 9.84 Å². The van der Waals surface area contributed by atoms with Crippen molar-refractivity contribution in [3.8, 4) is 11.4 Å². The molecule has 1 atom stereocenters. The number of aromatic nitrogens is 4. The van der Waals surface area contributed by atoms with E-state index in [2.05, 4.69) is 15.4 Å². The average molecular weight is 345 g/mol. The summed E-state index contributed by atoms with van der Waals surface area (Å²) in [6.45, 7) is 1.13. The van der Waals surface area contributed by atoms with Crippen molar-refractivity contribution in [2.24, 2.45) is 0 Å². The summed E-state index contributed by atoms with van der Waals surface area (Å²) in [5.41, 5.74) is 0.877. The Bertz CT molecular complexity index is 733. The molecule has 2 heterocycles. The van der Waals surface area contributed by atoms with Gasteiger partial charge in [0.25, 0.3) is 0 Å². The van der Waals surface area contributed by atoms with E-state index >= 15 is 0 Å². The summed E-state index contributed by atoms with van der Waals surface area (Å²) in [5.74, 6) is -0.705. The van der Waals surface area contributed by atoms with Gasteiger partial charge in [-0.3, -0.25) is 4.79 Å². The SMILES string of the molecule is O=C(O)[C@H]1COCCN1C(=O)CCCn1nnc(-c2ccccc2)n1. The second kappa shape index (κ2) is 7.84. The van der Waals surface area contributed by atoms with Crippen LogP contribution in [0.3, 0.4) is 0 Å². The Morgan fingerprint density at radius 1 is 1.28 bits per heavy atom. The number of carbonyl (C=O) groups is 2. The van der Waals surface area contributed by atoms with Crippen LogP contribution in [0.5, 0.6) is 0 Å². The highest BCUT2D eigenvalue weighted by Gasteiger charge is 2.32. The van der Waals surface area contributed by atoms with E-state index in [1.807, 2.05) is 30.3 Å². The number of tetrazole rings is 1. The Kier molecular flexibility index (Phi) is 5.34. The topological polar surface area (TPSA) is 110 Å². The second-order valence-corrected chi connectivity index (χ2v) is 5.69. The van der Waals surface area contributed by atoms with Crippen LogP contribution in [-0.4, -0.2) is 67.9 Å². The number of rotatable bonds is 6. The molecule has 3 rings (SSSR count). The molecule has 132 valence electrons. The lowest BCUT2D eigenvalue weighted by Crippen LogP contribution is -2.52. The standard InChI is InChI=1S/C16H19N5O4/c22-14(20-9-10-25-11-13(20)16(23)24)7-4-8-21-18-15(17-19-21)12-5-2-1-3-6-12/h1-3,5-6,13H,4,7-11H2,(H,23,24)/t13-/m1/s1. The third-order valence-corrected chi connectivity index (χ3v) is 3.97. The molecule has 1 aliphatic heterocycles. The van der Waals surface area contributed by atoms with E-state index in [9.17, 15) is 9.59 Å². The number of carboxylic acid groups (broad SMARTS) is 1. The van der Waals surface area contributed by atoms with Crippen molar-refractivity contribution in [3.63, 3.8) is 0 Å². The minimum Gasteiger partial charge on any atom is -0.480 e. The Labute approximate surface area is 144 Å². The van der Waals surface area contributed by atoms with Gasteiger partial charge in [-0.1, -0.05) is 30.3 Å². The highest BCUT2D eigenvalue weighted by molar-refractivity contribution is 5.83. The highest BCUT2D eigenvalue weighted by Crippen LogP contribution is 2.13. The molecule has 1 N–H and O–H groups in total. The third kappa shape index (κ3) is 4.18. The molecule has 0 radical (unpaired) electrons. The highest BCUT2D eigenvalue weighted by atomic mass is 16.5. The minimum atomic E-state index is -1.04. The smallest absolute Gasteiger partial charge is 0.328 e. The van der Waals surface area contributed by atoms with Crippen LogP contribution in [0, 0.1) is 0 Å². The van der Waals surface area contributed by atoms with E-state index < -0.39 is 12.0 Å². The van der Waals surface area contributed by atoms with E-state index in [0.29, 0.717) is 31.9 Å². The molecule has 0 saturated carbocycles. The van der Waals surface area contributed by atoms with Crippen LogP contribution < -0.4 is 0 Å². The average Bonchev–Trinajstić information content (AvgIpc) is 3.11. The fourth-order valence-electron chi connectivity index (χ4n) is 2.66. The summed E-state index contributed by atoms with van der Waals surface area (Å²) in [7, 11) is 0. The molecule has 0 spiro atoms. The molecule has 0 bridgehead atoms. The Hall–Kier alpha value is -2.81. The lowest BCUT2D eigenvalue weighted by atomic mass is 10.2. The molecule has 1 aliphatic rings. The summed E-state index contributed by atoms with van der Waals surface area (Å²) in [4.78, 5) is 26.3. The first-order valence-electron chi connectivity index (χ1n) is 8.08. The first-order chi connectivity index (χ1) is 12.1. The Balaban J connectivity index is 1.52. The third-order valence-electron chi connectivity index (χ3n) is 3.97. The molecule has 1 fully saturated rings. The van der Waals surface area contributed by atoms with Crippen LogP contribution in [0.2, 0.25) is 0 Å². The number of aryl methyl sites for hydroxylation is 1. The first kappa shape index (κ1) is 17.0. The van der Waals surface area contributed by atoms with Gasteiger partial charge in [-0.05, 0) is 11.6 Å². The van der Waals surface area contributed by atoms with Gasteiger partial charge in [0.15, 0.2) is 6.04 Å². The van der Waals surface area contributed by atoms with Crippen molar-refractivity contribution in [1.82, 2.24) is 25.1 Å². The number of morpholine rings is 1. The molecular weight excluding hydrogens is 326 g/mol. The largest absolute Gasteiger partial charge is 0.480 e. The molecule has 9 heteroatoms. The van der Waals surface area contributed by atoms with Gasteiger partial charge in [0.2, 0.25) is 11.7 Å². The van der Waals surface area contributed by atoms with Crippen molar-refractivity contribution in [2.45, 2.75) is 25.4 Å². The molecule has 0 aliphatic carbocycles. The maximum absolute atomic E-state index is 12.3. The van der Waals surface area contributed by atoms with Gasteiger partial charge in [-0.15, -0.1) is 10.2 Å². The monoisotopic (exact) mass is 345 g/mol. The number of carboxylic acids is 1. The van der Waals surface area contributed by atoms with E-state index in [-0.39, 0.29) is 18.9 Å². The molecule has 1 aromatic carbocycles. The van der Waals surface area contributed by atoms with Crippen LogP contribution >= 0.6 is 0 Å². The molecule has 1 saturated heterocycles. The first-order valence-corrected chi connectivity index (χ1v) is 8.08. The minimum absolute atomic E-state index is 0.0339. The number of benzene rings is 1. The van der Waals surface area contributed by atoms with Crippen molar-refractivity contribution < 1.29 is 19.4 Å². The lowest BCUT2D eigenvalue weighted by molar-refractivity contribution is -0.158. The zero-order valence-electron chi connectivity index (χ0n) is 13.6. The van der Waals surface area contributed by atoms with Crippen LogP contribution in [-0.2, 0) is 20.9 Å². The van der Waals surface area contributed by atoms with Crippen molar-refractivity contribution in [3.05, 3.63) is 30.3 Å². The predicted molar refractivity (Wildman–Crippen MR) is 86.4 cm³/mol. The van der Waals surface area contributed by atoms with Crippen LogP contribution in [0.25, 0.3) is 11.4 Å². The normalized spacial score (nSPS) is 17.4. The van der Waals surface area contributed by atoms with E-state index in [0.717, 1.165) is 5.56 Å². The summed E-state index contributed by atoms with van der Waals surface area (Å²) >= 11 is 0. The molecule has 25 heavy (non-hydrogen) atoms. The molecule has 2 aromatic rings. The number of ether oxygens (including phenoxy) is 1. The van der Waals surface area contributed by atoms with Gasteiger partial charge in [0, 0.05) is 18.5 Å². The van der Waals surface area contributed by atoms with E-state index in [1.54, 1.807) is 0 Å². The van der Waals surface area contributed by atoms with E-state index in [1.165, 1.54) is 9.70 Å². The van der Waals surface area contributed by atoms with Crippen molar-refractivity contribution >= 4 is 11.9 Å². The number of aliphatic carboxylic acids is 1. The summed E-state index contributed by atoms with van der Waals surface area (Å²) < 4.78 is 5.14. The van der Waals surface area contributed by atoms with Gasteiger partial charge in [0.05, 0.1) is 19.8 Å². The second-order valence-electron chi connectivity index (χ2n) is 5.69. The predicted octanol–water partition coefficient (Wildman–Crippen LogP) is 0.432. The van der Waals surface area contributed by atoms with Gasteiger partial charge in [0.1, 0.15) is 0 Å². The van der Waals surface area contributed by atoms with Crippen molar-refractivity contribution in [1.29, 1.82) is 0 Å². The maximum atomic E-state index is 12.3. The fourth-order valence-corrected chi connectivity index (χ4v) is 2.66. The fraction of sp³-hybridized carbons (Fsp3) is 0.438. The number of amides is 1. The molecule has 9 nitrogen and oxygen atoms in total. The van der Waals surface area contributed by atoms with Gasteiger partial charge < -0.3 is 14.7 Å². The molecule has 1 amide bonds. The molecular formula is C16H19N5O4. The quantitative estimate of drug-likeness (QED) is 0.808. The Morgan fingerprint density at radius 2 is 2.08 bits per heavy atom. The molecule has 0 unspecified atom stereocenters. The zero-order valence-corrected chi connectivity index (χ0v) is 13.6. The van der Waals surface area contributed by atoms with Crippen molar-refractivity contribution in [2.75, 3.05) is 19.8 Å². The molecule has 1 aromatic heterocycles.